The van der Waals surface area contributed by atoms with Gasteiger partial charge in [0.1, 0.15) is 0 Å². The van der Waals surface area contributed by atoms with Gasteiger partial charge in [0.25, 0.3) is 5.56 Å². The number of aryl methyl sites for hydroxylation is 1. The second-order valence-electron chi connectivity index (χ2n) is 9.98. The zero-order valence-corrected chi connectivity index (χ0v) is 20.5. The number of nitrogen functional groups attached to an aromatic ring is 1. The van der Waals surface area contributed by atoms with Crippen LogP contribution in [0.15, 0.2) is 77.6 Å². The van der Waals surface area contributed by atoms with E-state index >= 15 is 0 Å². The summed E-state index contributed by atoms with van der Waals surface area (Å²) in [5, 5.41) is 0.578. The van der Waals surface area contributed by atoms with Crippen molar-refractivity contribution in [2.45, 2.75) is 58.3 Å². The fourth-order valence-corrected chi connectivity index (χ4v) is 4.87. The fourth-order valence-electron chi connectivity index (χ4n) is 4.87. The van der Waals surface area contributed by atoms with Crippen LogP contribution >= 0.6 is 0 Å². The van der Waals surface area contributed by atoms with Gasteiger partial charge in [0.2, 0.25) is 5.95 Å². The summed E-state index contributed by atoms with van der Waals surface area (Å²) in [6.07, 6.45) is 4.09. The number of anilines is 1. The van der Waals surface area contributed by atoms with E-state index in [0.29, 0.717) is 23.4 Å². The zero-order valence-electron chi connectivity index (χ0n) is 20.5. The van der Waals surface area contributed by atoms with E-state index in [1.165, 1.54) is 17.5 Å². The van der Waals surface area contributed by atoms with Crippen molar-refractivity contribution in [2.75, 3.05) is 5.73 Å². The molecule has 2 N–H and O–H groups in total. The highest BCUT2D eigenvalue weighted by Gasteiger charge is 2.27. The van der Waals surface area contributed by atoms with Crippen LogP contribution in [0.5, 0.6) is 0 Å². The second-order valence-corrected chi connectivity index (χ2v) is 9.98. The lowest BCUT2D eigenvalue weighted by molar-refractivity contribution is 0.0348. The molecule has 0 spiro atoms. The van der Waals surface area contributed by atoms with Gasteiger partial charge < -0.3 is 10.5 Å². The largest absolute Gasteiger partial charge is 0.369 e. The first-order valence-electron chi connectivity index (χ1n) is 12.6. The molecular formula is C30H33N3O2. The predicted octanol–water partition coefficient (Wildman–Crippen LogP) is 6.15. The summed E-state index contributed by atoms with van der Waals surface area (Å²) in [7, 11) is 0. The van der Waals surface area contributed by atoms with Crippen molar-refractivity contribution in [3.8, 4) is 11.1 Å². The molecule has 0 bridgehead atoms. The highest BCUT2D eigenvalue weighted by Crippen LogP contribution is 2.33. The van der Waals surface area contributed by atoms with Crippen LogP contribution in [0, 0.1) is 5.92 Å². The molecule has 1 saturated heterocycles. The number of nitrogens with zero attached hydrogens (tertiary/aromatic N) is 2. The maximum absolute atomic E-state index is 13.3. The Morgan fingerprint density at radius 2 is 1.74 bits per heavy atom. The molecule has 5 heteroatoms. The number of fused-ring (bicyclic) bond motifs is 1. The molecule has 1 fully saturated rings. The van der Waals surface area contributed by atoms with E-state index in [-0.39, 0.29) is 23.7 Å². The molecule has 1 aliphatic rings. The summed E-state index contributed by atoms with van der Waals surface area (Å²) in [6.45, 7) is 4.91. The van der Waals surface area contributed by atoms with Crippen LogP contribution < -0.4 is 11.3 Å². The van der Waals surface area contributed by atoms with Gasteiger partial charge in [-0.15, -0.1) is 0 Å². The van der Waals surface area contributed by atoms with E-state index in [4.69, 9.17) is 10.5 Å². The Kier molecular flexibility index (Phi) is 6.69. The van der Waals surface area contributed by atoms with Gasteiger partial charge >= 0.3 is 0 Å². The third kappa shape index (κ3) is 5.15. The van der Waals surface area contributed by atoms with Crippen molar-refractivity contribution in [3.63, 3.8) is 0 Å². The molecule has 2 heterocycles. The topological polar surface area (TPSA) is 70.1 Å². The Bertz CT molecular complexity index is 1360. The van der Waals surface area contributed by atoms with Crippen molar-refractivity contribution < 1.29 is 4.74 Å². The van der Waals surface area contributed by atoms with Crippen molar-refractivity contribution in [1.82, 2.24) is 9.55 Å². The van der Waals surface area contributed by atoms with Crippen molar-refractivity contribution in [2.24, 2.45) is 5.92 Å². The molecule has 0 aliphatic carbocycles. The lowest BCUT2D eigenvalue weighted by Crippen LogP contribution is -2.29. The van der Waals surface area contributed by atoms with Crippen LogP contribution in [-0.2, 0) is 17.7 Å². The van der Waals surface area contributed by atoms with Crippen LogP contribution in [0.25, 0.3) is 22.0 Å². The van der Waals surface area contributed by atoms with Crippen molar-refractivity contribution in [3.05, 3.63) is 94.3 Å². The standard InChI is InChI=1S/C30H33N3O2/c1-20(2)8-9-21-10-12-22(13-11-21)24-14-16-26-27(18-24)32-30(31)33(29(26)34)19-25-15-17-28(35-25)23-6-4-3-5-7-23/h3-7,10-14,16,18,20,25,28H,8-9,15,17,19H2,1-2H3,(H2,31,32)/t25-,28+/m0/s1. The number of ether oxygens (including phenoxy) is 1. The number of hydrogen-bond donors (Lipinski definition) is 1. The molecule has 3 aromatic carbocycles. The zero-order chi connectivity index (χ0) is 24.4. The van der Waals surface area contributed by atoms with Crippen molar-refractivity contribution in [1.29, 1.82) is 0 Å². The average Bonchev–Trinajstić information content (AvgIpc) is 3.34. The predicted molar refractivity (Wildman–Crippen MR) is 142 cm³/mol. The first kappa shape index (κ1) is 23.3. The molecule has 2 atom stereocenters. The molecule has 1 aliphatic heterocycles. The third-order valence-corrected chi connectivity index (χ3v) is 6.95. The Labute approximate surface area is 206 Å². The van der Waals surface area contributed by atoms with Gasteiger partial charge in [-0.3, -0.25) is 9.36 Å². The first-order chi connectivity index (χ1) is 17.0. The van der Waals surface area contributed by atoms with E-state index in [2.05, 4.69) is 55.2 Å². The number of hydrogen-bond acceptors (Lipinski definition) is 4. The molecule has 35 heavy (non-hydrogen) atoms. The van der Waals surface area contributed by atoms with Crippen molar-refractivity contribution >= 4 is 16.9 Å². The van der Waals surface area contributed by atoms with E-state index in [9.17, 15) is 4.79 Å². The maximum atomic E-state index is 13.3. The lowest BCUT2D eigenvalue weighted by atomic mass is 9.99. The first-order valence-corrected chi connectivity index (χ1v) is 12.6. The molecule has 4 aromatic rings. The van der Waals surface area contributed by atoms with Crippen LogP contribution in [0.1, 0.15) is 50.3 Å². The van der Waals surface area contributed by atoms with Crippen LogP contribution in [-0.4, -0.2) is 15.7 Å². The minimum Gasteiger partial charge on any atom is -0.369 e. The molecule has 0 amide bonds. The normalized spacial score (nSPS) is 17.9. The SMILES string of the molecule is CC(C)CCc1ccc(-c2ccc3c(=O)n(C[C@@H]4CC[C@H](c5ccccc5)O4)c(N)nc3c2)cc1. The molecule has 1 aromatic heterocycles. The second kappa shape index (κ2) is 10.0. The monoisotopic (exact) mass is 467 g/mol. The number of aromatic nitrogens is 2. The van der Waals surface area contributed by atoms with Gasteiger partial charge in [-0.2, -0.15) is 0 Å². The van der Waals surface area contributed by atoms with E-state index in [1.54, 1.807) is 4.57 Å². The number of nitrogens with two attached hydrogens (primary N) is 1. The smallest absolute Gasteiger partial charge is 0.262 e. The Hall–Kier alpha value is -3.44. The molecule has 0 unspecified atom stereocenters. The van der Waals surface area contributed by atoms with Gasteiger partial charge in [0.15, 0.2) is 0 Å². The highest BCUT2D eigenvalue weighted by atomic mass is 16.5. The minimum atomic E-state index is -0.116. The lowest BCUT2D eigenvalue weighted by Gasteiger charge is -2.17. The van der Waals surface area contributed by atoms with E-state index < -0.39 is 0 Å². The Balaban J connectivity index is 1.35. The fraction of sp³-hybridized carbons (Fsp3) is 0.333. The summed E-state index contributed by atoms with van der Waals surface area (Å²) in [5.74, 6) is 0.928. The van der Waals surface area contributed by atoms with Gasteiger partial charge in [-0.05, 0) is 66.0 Å². The minimum absolute atomic E-state index is 0.0610. The van der Waals surface area contributed by atoms with Crippen LogP contribution in [0.4, 0.5) is 5.95 Å². The molecule has 0 radical (unpaired) electrons. The van der Waals surface area contributed by atoms with Gasteiger partial charge in [0, 0.05) is 0 Å². The summed E-state index contributed by atoms with van der Waals surface area (Å²) in [5.41, 5.74) is 11.4. The van der Waals surface area contributed by atoms with Crippen LogP contribution in [0.2, 0.25) is 0 Å². The highest BCUT2D eigenvalue weighted by molar-refractivity contribution is 5.84. The molecule has 5 nitrogen and oxygen atoms in total. The van der Waals surface area contributed by atoms with E-state index in [0.717, 1.165) is 30.4 Å². The summed E-state index contributed by atoms with van der Waals surface area (Å²) in [6, 6.07) is 24.7. The third-order valence-electron chi connectivity index (χ3n) is 6.95. The Morgan fingerprint density at radius 3 is 2.49 bits per heavy atom. The summed E-state index contributed by atoms with van der Waals surface area (Å²) in [4.78, 5) is 17.9. The van der Waals surface area contributed by atoms with Gasteiger partial charge in [-0.25, -0.2) is 4.98 Å². The van der Waals surface area contributed by atoms with Gasteiger partial charge in [-0.1, -0.05) is 74.5 Å². The molecule has 180 valence electrons. The number of rotatable bonds is 7. The quantitative estimate of drug-likeness (QED) is 0.354. The molecular weight excluding hydrogens is 434 g/mol. The molecule has 5 rings (SSSR count). The van der Waals surface area contributed by atoms with Gasteiger partial charge in [0.05, 0.1) is 29.7 Å². The molecule has 0 saturated carbocycles. The van der Waals surface area contributed by atoms with E-state index in [1.807, 2.05) is 36.4 Å². The average molecular weight is 468 g/mol. The Morgan fingerprint density at radius 1 is 1.00 bits per heavy atom. The number of benzene rings is 3. The summed E-state index contributed by atoms with van der Waals surface area (Å²) < 4.78 is 7.81. The summed E-state index contributed by atoms with van der Waals surface area (Å²) >= 11 is 0. The maximum Gasteiger partial charge on any atom is 0.262 e. The van der Waals surface area contributed by atoms with Crippen LogP contribution in [0.3, 0.4) is 0 Å².